The van der Waals surface area contributed by atoms with Crippen molar-refractivity contribution in [1.29, 1.82) is 0 Å². The van der Waals surface area contributed by atoms with Crippen LogP contribution in [0, 0.1) is 0 Å². The molecule has 0 aromatic heterocycles. The van der Waals surface area contributed by atoms with Gasteiger partial charge >= 0.3 is 0 Å². The Morgan fingerprint density at radius 3 is 2.84 bits per heavy atom. The molecule has 98 valence electrons. The summed E-state index contributed by atoms with van der Waals surface area (Å²) in [4.78, 5) is 0. The Bertz CT molecular complexity index is 599. The van der Waals surface area contributed by atoms with Crippen LogP contribution < -0.4 is 10.5 Å². The Hall–Kier alpha value is -1.32. The second-order valence-electron chi connectivity index (χ2n) is 5.06. The standard InChI is InChI=1S/C16H16BrNO/c17-13-5-3-4-12(10-13)11-16(18)8-9-19-15-7-2-1-6-14(15)16/h1-7,10H,8-9,11,18H2. The van der Waals surface area contributed by atoms with Gasteiger partial charge in [0, 0.05) is 16.5 Å². The Labute approximate surface area is 121 Å². The maximum absolute atomic E-state index is 6.66. The molecule has 1 aliphatic heterocycles. The highest BCUT2D eigenvalue weighted by atomic mass is 79.9. The molecule has 0 bridgehead atoms. The summed E-state index contributed by atoms with van der Waals surface area (Å²) in [6.45, 7) is 0.682. The lowest BCUT2D eigenvalue weighted by Crippen LogP contribution is -2.43. The van der Waals surface area contributed by atoms with E-state index in [1.54, 1.807) is 0 Å². The number of nitrogens with two attached hydrogens (primary N) is 1. The molecule has 1 atom stereocenters. The van der Waals surface area contributed by atoms with E-state index in [1.807, 2.05) is 30.3 Å². The Kier molecular flexibility index (Phi) is 3.33. The van der Waals surface area contributed by atoms with Crippen molar-refractivity contribution in [2.45, 2.75) is 18.4 Å². The topological polar surface area (TPSA) is 35.2 Å². The highest BCUT2D eigenvalue weighted by Crippen LogP contribution is 2.37. The van der Waals surface area contributed by atoms with Crippen LogP contribution in [0.2, 0.25) is 0 Å². The number of fused-ring (bicyclic) bond motifs is 1. The predicted molar refractivity (Wildman–Crippen MR) is 80.3 cm³/mol. The number of hydrogen-bond acceptors (Lipinski definition) is 2. The Morgan fingerprint density at radius 1 is 1.16 bits per heavy atom. The third kappa shape index (κ3) is 2.53. The summed E-state index contributed by atoms with van der Waals surface area (Å²) in [5, 5.41) is 0. The van der Waals surface area contributed by atoms with Crippen LogP contribution in [0.4, 0.5) is 0 Å². The first kappa shape index (κ1) is 12.7. The van der Waals surface area contributed by atoms with Crippen LogP contribution in [-0.2, 0) is 12.0 Å². The zero-order valence-electron chi connectivity index (χ0n) is 10.6. The molecule has 2 aromatic rings. The molecule has 1 aliphatic rings. The molecule has 0 spiro atoms. The first-order chi connectivity index (χ1) is 9.17. The monoisotopic (exact) mass is 317 g/mol. The van der Waals surface area contributed by atoms with Crippen molar-refractivity contribution >= 4 is 15.9 Å². The molecule has 0 amide bonds. The highest BCUT2D eigenvalue weighted by Gasteiger charge is 2.33. The van der Waals surface area contributed by atoms with Crippen LogP contribution in [0.3, 0.4) is 0 Å². The molecule has 2 nitrogen and oxygen atoms in total. The SMILES string of the molecule is NC1(Cc2cccc(Br)c2)CCOc2ccccc21. The van der Waals surface area contributed by atoms with E-state index < -0.39 is 0 Å². The van der Waals surface area contributed by atoms with Crippen LogP contribution in [0.15, 0.2) is 53.0 Å². The summed E-state index contributed by atoms with van der Waals surface area (Å²) in [7, 11) is 0. The van der Waals surface area contributed by atoms with Gasteiger partial charge in [0.2, 0.25) is 0 Å². The van der Waals surface area contributed by atoms with Gasteiger partial charge in [0.1, 0.15) is 5.75 Å². The molecule has 19 heavy (non-hydrogen) atoms. The molecule has 0 saturated carbocycles. The van der Waals surface area contributed by atoms with Gasteiger partial charge in [-0.05, 0) is 30.2 Å². The van der Waals surface area contributed by atoms with Crippen molar-refractivity contribution in [3.8, 4) is 5.75 Å². The van der Waals surface area contributed by atoms with Crippen LogP contribution in [-0.4, -0.2) is 6.61 Å². The maximum atomic E-state index is 6.66. The van der Waals surface area contributed by atoms with Crippen LogP contribution in [0.5, 0.6) is 5.75 Å². The molecule has 0 aliphatic carbocycles. The molecule has 0 saturated heterocycles. The van der Waals surface area contributed by atoms with Crippen molar-refractivity contribution in [3.05, 3.63) is 64.1 Å². The summed E-state index contributed by atoms with van der Waals surface area (Å²) >= 11 is 3.51. The minimum Gasteiger partial charge on any atom is -0.493 e. The molecule has 0 fully saturated rings. The second-order valence-corrected chi connectivity index (χ2v) is 5.97. The van der Waals surface area contributed by atoms with Crippen molar-refractivity contribution in [1.82, 2.24) is 0 Å². The smallest absolute Gasteiger partial charge is 0.124 e. The van der Waals surface area contributed by atoms with Crippen LogP contribution in [0.1, 0.15) is 17.5 Å². The number of ether oxygens (including phenoxy) is 1. The van der Waals surface area contributed by atoms with Gasteiger partial charge in [0.15, 0.2) is 0 Å². The van der Waals surface area contributed by atoms with Crippen molar-refractivity contribution in [2.75, 3.05) is 6.61 Å². The highest BCUT2D eigenvalue weighted by molar-refractivity contribution is 9.10. The minimum atomic E-state index is -0.338. The molecular weight excluding hydrogens is 302 g/mol. The zero-order chi connectivity index (χ0) is 13.3. The van der Waals surface area contributed by atoms with Crippen LogP contribution in [0.25, 0.3) is 0 Å². The molecule has 3 rings (SSSR count). The Balaban J connectivity index is 1.96. The molecule has 1 heterocycles. The average Bonchev–Trinajstić information content (AvgIpc) is 2.39. The lowest BCUT2D eigenvalue weighted by Gasteiger charge is -2.35. The van der Waals surface area contributed by atoms with Crippen LogP contribution >= 0.6 is 15.9 Å². The zero-order valence-corrected chi connectivity index (χ0v) is 12.2. The molecule has 1 unspecified atom stereocenters. The lowest BCUT2D eigenvalue weighted by atomic mass is 9.80. The van der Waals surface area contributed by atoms with Crippen molar-refractivity contribution in [3.63, 3.8) is 0 Å². The summed E-state index contributed by atoms with van der Waals surface area (Å²) in [6, 6.07) is 16.4. The minimum absolute atomic E-state index is 0.338. The third-order valence-electron chi connectivity index (χ3n) is 3.64. The number of benzene rings is 2. The van der Waals surface area contributed by atoms with Crippen molar-refractivity contribution in [2.24, 2.45) is 5.73 Å². The summed E-state index contributed by atoms with van der Waals surface area (Å²) in [6.07, 6.45) is 1.67. The quantitative estimate of drug-likeness (QED) is 0.918. The number of rotatable bonds is 2. The number of hydrogen-bond donors (Lipinski definition) is 1. The fourth-order valence-corrected chi connectivity index (χ4v) is 3.12. The largest absolute Gasteiger partial charge is 0.493 e. The molecule has 0 radical (unpaired) electrons. The number of para-hydroxylation sites is 1. The normalized spacial score (nSPS) is 21.6. The Morgan fingerprint density at radius 2 is 2.00 bits per heavy atom. The lowest BCUT2D eigenvalue weighted by molar-refractivity contribution is 0.215. The van der Waals surface area contributed by atoms with E-state index in [9.17, 15) is 0 Å². The third-order valence-corrected chi connectivity index (χ3v) is 4.13. The van der Waals surface area contributed by atoms with Gasteiger partial charge in [-0.25, -0.2) is 0 Å². The van der Waals surface area contributed by atoms with E-state index in [0.29, 0.717) is 6.61 Å². The van der Waals surface area contributed by atoms with Gasteiger partial charge < -0.3 is 10.5 Å². The first-order valence-corrected chi connectivity index (χ1v) is 7.22. The molecular formula is C16H16BrNO. The summed E-state index contributed by atoms with van der Waals surface area (Å²) < 4.78 is 6.78. The van der Waals surface area contributed by atoms with Gasteiger partial charge in [-0.15, -0.1) is 0 Å². The van der Waals surface area contributed by atoms with E-state index in [4.69, 9.17) is 10.5 Å². The molecule has 2 aromatic carbocycles. The van der Waals surface area contributed by atoms with E-state index >= 15 is 0 Å². The second kappa shape index (κ2) is 4.99. The first-order valence-electron chi connectivity index (χ1n) is 6.43. The fraction of sp³-hybridized carbons (Fsp3) is 0.250. The molecule has 3 heteroatoms. The predicted octanol–water partition coefficient (Wildman–Crippen LogP) is 3.63. The maximum Gasteiger partial charge on any atom is 0.124 e. The van der Waals surface area contributed by atoms with Gasteiger partial charge in [0.05, 0.1) is 12.1 Å². The van der Waals surface area contributed by atoms with E-state index in [1.165, 1.54) is 5.56 Å². The van der Waals surface area contributed by atoms with Gasteiger partial charge in [-0.1, -0.05) is 46.3 Å². The number of halogens is 1. The van der Waals surface area contributed by atoms with E-state index in [-0.39, 0.29) is 5.54 Å². The molecule has 2 N–H and O–H groups in total. The van der Waals surface area contributed by atoms with E-state index in [0.717, 1.165) is 28.6 Å². The summed E-state index contributed by atoms with van der Waals surface area (Å²) in [5.74, 6) is 0.922. The van der Waals surface area contributed by atoms with Crippen molar-refractivity contribution < 1.29 is 4.74 Å². The van der Waals surface area contributed by atoms with Gasteiger partial charge in [-0.2, -0.15) is 0 Å². The summed E-state index contributed by atoms with van der Waals surface area (Å²) in [5.41, 5.74) is 8.68. The van der Waals surface area contributed by atoms with Gasteiger partial charge in [0.25, 0.3) is 0 Å². The van der Waals surface area contributed by atoms with E-state index in [2.05, 4.69) is 34.1 Å². The average molecular weight is 318 g/mol. The van der Waals surface area contributed by atoms with Gasteiger partial charge in [-0.3, -0.25) is 0 Å². The fourth-order valence-electron chi connectivity index (χ4n) is 2.68.